The largest absolute Gasteiger partial charge is 0.299 e. The van der Waals surface area contributed by atoms with Crippen LogP contribution in [0.25, 0.3) is 0 Å². The van der Waals surface area contributed by atoms with Gasteiger partial charge in [-0.05, 0) is 49.7 Å². The SMILES string of the molecule is O=C(CCCCc1ccccc1)CC(=O)CCCCc1ccccc1. The zero-order valence-corrected chi connectivity index (χ0v) is 15.0. The van der Waals surface area contributed by atoms with Crippen molar-refractivity contribution in [3.8, 4) is 0 Å². The van der Waals surface area contributed by atoms with E-state index in [4.69, 9.17) is 0 Å². The van der Waals surface area contributed by atoms with Gasteiger partial charge in [0, 0.05) is 12.8 Å². The summed E-state index contributed by atoms with van der Waals surface area (Å²) in [5, 5.41) is 0. The second-order valence-corrected chi connectivity index (χ2v) is 6.64. The standard InChI is InChI=1S/C23H28O2/c24-22(17-9-7-15-20-11-3-1-4-12-20)19-23(25)18-10-8-16-21-13-5-2-6-14-21/h1-6,11-14H,7-10,15-19H2. The van der Waals surface area contributed by atoms with E-state index in [1.54, 1.807) is 0 Å². The predicted molar refractivity (Wildman–Crippen MR) is 103 cm³/mol. The molecule has 0 heterocycles. The summed E-state index contributed by atoms with van der Waals surface area (Å²) in [6.45, 7) is 0. The Morgan fingerprint density at radius 3 is 1.36 bits per heavy atom. The third-order valence-electron chi connectivity index (χ3n) is 4.42. The van der Waals surface area contributed by atoms with E-state index >= 15 is 0 Å². The van der Waals surface area contributed by atoms with E-state index < -0.39 is 0 Å². The number of unbranched alkanes of at least 4 members (excludes halogenated alkanes) is 2. The average molecular weight is 336 g/mol. The first-order valence-electron chi connectivity index (χ1n) is 9.35. The molecule has 2 aromatic rings. The topological polar surface area (TPSA) is 34.1 Å². The molecule has 25 heavy (non-hydrogen) atoms. The van der Waals surface area contributed by atoms with Crippen LogP contribution < -0.4 is 0 Å². The van der Waals surface area contributed by atoms with Crippen molar-refractivity contribution in [2.24, 2.45) is 0 Å². The maximum atomic E-state index is 11.9. The molecule has 0 saturated carbocycles. The van der Waals surface area contributed by atoms with Crippen LogP contribution in [-0.4, -0.2) is 11.6 Å². The van der Waals surface area contributed by atoms with Gasteiger partial charge in [0.2, 0.25) is 0 Å². The van der Waals surface area contributed by atoms with Crippen LogP contribution in [0.2, 0.25) is 0 Å². The maximum absolute atomic E-state index is 11.9. The molecule has 0 saturated heterocycles. The molecule has 0 spiro atoms. The van der Waals surface area contributed by atoms with Crippen molar-refractivity contribution in [2.75, 3.05) is 0 Å². The Labute approximate surface area is 151 Å². The lowest BCUT2D eigenvalue weighted by Gasteiger charge is -2.03. The fourth-order valence-corrected chi connectivity index (χ4v) is 2.99. The van der Waals surface area contributed by atoms with Crippen molar-refractivity contribution in [1.29, 1.82) is 0 Å². The molecule has 0 bridgehead atoms. The highest BCUT2D eigenvalue weighted by atomic mass is 16.1. The third-order valence-corrected chi connectivity index (χ3v) is 4.42. The van der Waals surface area contributed by atoms with Crippen LogP contribution in [0.4, 0.5) is 0 Å². The number of hydrogen-bond acceptors (Lipinski definition) is 2. The molecule has 0 aromatic heterocycles. The van der Waals surface area contributed by atoms with Gasteiger partial charge in [0.05, 0.1) is 6.42 Å². The fraction of sp³-hybridized carbons (Fsp3) is 0.391. The van der Waals surface area contributed by atoms with Gasteiger partial charge in [-0.1, -0.05) is 60.7 Å². The molecule has 0 unspecified atom stereocenters. The second kappa shape index (κ2) is 11.4. The van der Waals surface area contributed by atoms with Crippen molar-refractivity contribution in [1.82, 2.24) is 0 Å². The maximum Gasteiger partial charge on any atom is 0.140 e. The fourth-order valence-electron chi connectivity index (χ4n) is 2.99. The lowest BCUT2D eigenvalue weighted by atomic mass is 10.0. The van der Waals surface area contributed by atoms with Crippen molar-refractivity contribution in [3.05, 3.63) is 71.8 Å². The molecule has 2 nitrogen and oxygen atoms in total. The van der Waals surface area contributed by atoms with Crippen LogP contribution in [0.15, 0.2) is 60.7 Å². The Balaban J connectivity index is 1.50. The highest BCUT2D eigenvalue weighted by molar-refractivity contribution is 5.98. The molecule has 0 amide bonds. The van der Waals surface area contributed by atoms with E-state index in [-0.39, 0.29) is 18.0 Å². The van der Waals surface area contributed by atoms with E-state index in [0.717, 1.165) is 38.5 Å². The van der Waals surface area contributed by atoms with Crippen LogP contribution in [-0.2, 0) is 22.4 Å². The minimum atomic E-state index is 0.0983. The van der Waals surface area contributed by atoms with Gasteiger partial charge in [0.25, 0.3) is 0 Å². The molecule has 0 atom stereocenters. The zero-order chi connectivity index (χ0) is 17.7. The van der Waals surface area contributed by atoms with Crippen molar-refractivity contribution < 1.29 is 9.59 Å². The van der Waals surface area contributed by atoms with Gasteiger partial charge in [0.1, 0.15) is 11.6 Å². The van der Waals surface area contributed by atoms with Gasteiger partial charge >= 0.3 is 0 Å². The second-order valence-electron chi connectivity index (χ2n) is 6.64. The first-order valence-corrected chi connectivity index (χ1v) is 9.35. The molecule has 0 fully saturated rings. The van der Waals surface area contributed by atoms with Crippen LogP contribution in [0, 0.1) is 0 Å². The van der Waals surface area contributed by atoms with E-state index in [9.17, 15) is 9.59 Å². The third kappa shape index (κ3) is 8.44. The quantitative estimate of drug-likeness (QED) is 0.387. The molecule has 0 aliphatic heterocycles. The molecule has 0 aliphatic carbocycles. The van der Waals surface area contributed by atoms with Crippen LogP contribution >= 0.6 is 0 Å². The molecular formula is C23H28O2. The van der Waals surface area contributed by atoms with Gasteiger partial charge in [-0.3, -0.25) is 9.59 Å². The molecule has 0 aliphatic rings. The first kappa shape index (κ1) is 19.1. The van der Waals surface area contributed by atoms with E-state index in [1.165, 1.54) is 11.1 Å². The van der Waals surface area contributed by atoms with Crippen LogP contribution in [0.5, 0.6) is 0 Å². The van der Waals surface area contributed by atoms with Crippen LogP contribution in [0.1, 0.15) is 56.1 Å². The summed E-state index contributed by atoms with van der Waals surface area (Å²) in [5.74, 6) is 0.197. The molecule has 2 heteroatoms. The highest BCUT2D eigenvalue weighted by Gasteiger charge is 2.09. The van der Waals surface area contributed by atoms with Gasteiger partial charge < -0.3 is 0 Å². The van der Waals surface area contributed by atoms with Gasteiger partial charge in [-0.25, -0.2) is 0 Å². The Morgan fingerprint density at radius 1 is 0.560 bits per heavy atom. The summed E-state index contributed by atoms with van der Waals surface area (Å²) in [6.07, 6.45) is 6.93. The number of benzene rings is 2. The van der Waals surface area contributed by atoms with Gasteiger partial charge in [-0.15, -0.1) is 0 Å². The first-order chi connectivity index (χ1) is 12.2. The molecule has 0 N–H and O–H groups in total. The highest BCUT2D eigenvalue weighted by Crippen LogP contribution is 2.10. The molecule has 0 radical (unpaired) electrons. The Hall–Kier alpha value is -2.22. The van der Waals surface area contributed by atoms with Gasteiger partial charge in [0.15, 0.2) is 0 Å². The van der Waals surface area contributed by atoms with E-state index in [1.807, 2.05) is 36.4 Å². The zero-order valence-electron chi connectivity index (χ0n) is 15.0. The van der Waals surface area contributed by atoms with Crippen molar-refractivity contribution >= 4 is 11.6 Å². The normalized spacial score (nSPS) is 10.6. The average Bonchev–Trinajstić information content (AvgIpc) is 2.64. The summed E-state index contributed by atoms with van der Waals surface area (Å²) in [5.41, 5.74) is 2.62. The Kier molecular flexibility index (Phi) is 8.68. The Morgan fingerprint density at radius 2 is 0.960 bits per heavy atom. The van der Waals surface area contributed by atoms with E-state index in [0.29, 0.717) is 12.8 Å². The van der Waals surface area contributed by atoms with Crippen molar-refractivity contribution in [2.45, 2.75) is 57.8 Å². The molecule has 2 aromatic carbocycles. The summed E-state index contributed by atoms with van der Waals surface area (Å²) in [4.78, 5) is 23.8. The number of carbonyl (C=O) groups excluding carboxylic acids is 2. The number of hydrogen-bond donors (Lipinski definition) is 0. The number of aryl methyl sites for hydroxylation is 2. The molecule has 132 valence electrons. The van der Waals surface area contributed by atoms with Crippen LogP contribution in [0.3, 0.4) is 0 Å². The Bertz CT molecular complexity index is 574. The number of Topliss-reactive ketones (excluding diaryl/α,β-unsaturated/α-hetero) is 2. The lowest BCUT2D eigenvalue weighted by Crippen LogP contribution is -2.07. The smallest absolute Gasteiger partial charge is 0.140 e. The summed E-state index contributed by atoms with van der Waals surface area (Å²) >= 11 is 0. The monoisotopic (exact) mass is 336 g/mol. The molecular weight excluding hydrogens is 308 g/mol. The van der Waals surface area contributed by atoms with Gasteiger partial charge in [-0.2, -0.15) is 0 Å². The van der Waals surface area contributed by atoms with Crippen molar-refractivity contribution in [3.63, 3.8) is 0 Å². The van der Waals surface area contributed by atoms with E-state index in [2.05, 4.69) is 24.3 Å². The predicted octanol–water partition coefficient (Wildman–Crippen LogP) is 5.34. The minimum absolute atomic E-state index is 0.0983. The number of ketones is 2. The summed E-state index contributed by atoms with van der Waals surface area (Å²) in [7, 11) is 0. The summed E-state index contributed by atoms with van der Waals surface area (Å²) < 4.78 is 0. The minimum Gasteiger partial charge on any atom is -0.299 e. The molecule has 2 rings (SSSR count). The number of carbonyl (C=O) groups is 2. The summed E-state index contributed by atoms with van der Waals surface area (Å²) in [6, 6.07) is 20.6. The number of rotatable bonds is 12. The lowest BCUT2D eigenvalue weighted by molar-refractivity contribution is -0.127.